The summed E-state index contributed by atoms with van der Waals surface area (Å²) in [7, 11) is 0. The lowest BCUT2D eigenvalue weighted by Crippen LogP contribution is -2.33. The summed E-state index contributed by atoms with van der Waals surface area (Å²) in [5, 5.41) is 6.58. The molecule has 0 radical (unpaired) electrons. The Kier molecular flexibility index (Phi) is 8.17. The van der Waals surface area contributed by atoms with Crippen LogP contribution in [0.4, 0.5) is 4.39 Å². The molecule has 1 saturated heterocycles. The minimum atomic E-state index is -0.223. The van der Waals surface area contributed by atoms with E-state index in [9.17, 15) is 9.18 Å². The Morgan fingerprint density at radius 3 is 2.60 bits per heavy atom. The average molecular weight is 369 g/mol. The standard InChI is InChI=1S/C20H29FN2O.ClH/c21-18-7-3-6-17(14-18)20(16-4-1-2-5-16)23-19(24)9-8-15-10-12-22-13-11-15;/h3,6-7,14-16,20,22H,1-2,4-5,8-13H2,(H,23,24);1H. The summed E-state index contributed by atoms with van der Waals surface area (Å²) in [6.07, 6.45) is 8.55. The molecule has 3 rings (SSSR count). The average Bonchev–Trinajstić information content (AvgIpc) is 3.13. The molecule has 5 heteroatoms. The number of hydrogen-bond donors (Lipinski definition) is 2. The van der Waals surface area contributed by atoms with Crippen molar-refractivity contribution in [1.29, 1.82) is 0 Å². The second-order valence-corrected chi connectivity index (χ2v) is 7.38. The first-order chi connectivity index (χ1) is 11.7. The van der Waals surface area contributed by atoms with Crippen molar-refractivity contribution in [2.24, 2.45) is 11.8 Å². The molecular weight excluding hydrogens is 339 g/mol. The molecule has 25 heavy (non-hydrogen) atoms. The summed E-state index contributed by atoms with van der Waals surface area (Å²) in [6.45, 7) is 2.14. The second kappa shape index (κ2) is 10.1. The van der Waals surface area contributed by atoms with Crippen molar-refractivity contribution in [1.82, 2.24) is 10.6 Å². The van der Waals surface area contributed by atoms with Crippen LogP contribution in [0.25, 0.3) is 0 Å². The molecule has 1 aromatic carbocycles. The molecule has 140 valence electrons. The fourth-order valence-corrected chi connectivity index (χ4v) is 4.22. The first kappa shape index (κ1) is 20.2. The minimum absolute atomic E-state index is 0. The molecule has 1 atom stereocenters. The molecule has 1 aliphatic heterocycles. The van der Waals surface area contributed by atoms with E-state index in [0.717, 1.165) is 37.9 Å². The number of nitrogens with one attached hydrogen (secondary N) is 2. The van der Waals surface area contributed by atoms with Gasteiger partial charge in [-0.3, -0.25) is 4.79 Å². The van der Waals surface area contributed by atoms with Crippen LogP contribution < -0.4 is 10.6 Å². The van der Waals surface area contributed by atoms with Gasteiger partial charge in [0.2, 0.25) is 5.91 Å². The molecule has 1 saturated carbocycles. The molecule has 0 bridgehead atoms. The Morgan fingerprint density at radius 1 is 1.20 bits per heavy atom. The summed E-state index contributed by atoms with van der Waals surface area (Å²) in [5.74, 6) is 1.000. The highest BCUT2D eigenvalue weighted by Gasteiger charge is 2.28. The highest BCUT2D eigenvalue weighted by atomic mass is 35.5. The Balaban J connectivity index is 0.00000225. The molecule has 0 aromatic heterocycles. The number of carbonyl (C=O) groups excluding carboxylic acids is 1. The van der Waals surface area contributed by atoms with Crippen molar-refractivity contribution in [3.63, 3.8) is 0 Å². The van der Waals surface area contributed by atoms with Gasteiger partial charge in [-0.1, -0.05) is 25.0 Å². The lowest BCUT2D eigenvalue weighted by Gasteiger charge is -2.26. The highest BCUT2D eigenvalue weighted by molar-refractivity contribution is 5.85. The summed E-state index contributed by atoms with van der Waals surface area (Å²) in [4.78, 5) is 12.5. The van der Waals surface area contributed by atoms with Crippen molar-refractivity contribution in [3.05, 3.63) is 35.6 Å². The number of benzene rings is 1. The van der Waals surface area contributed by atoms with Gasteiger partial charge in [0, 0.05) is 6.42 Å². The maximum absolute atomic E-state index is 13.6. The van der Waals surface area contributed by atoms with E-state index in [0.29, 0.717) is 18.3 Å². The van der Waals surface area contributed by atoms with Crippen LogP contribution in [-0.4, -0.2) is 19.0 Å². The lowest BCUT2D eigenvalue weighted by atomic mass is 9.90. The van der Waals surface area contributed by atoms with Gasteiger partial charge in [-0.2, -0.15) is 0 Å². The Morgan fingerprint density at radius 2 is 1.92 bits per heavy atom. The summed E-state index contributed by atoms with van der Waals surface area (Å²) in [5.41, 5.74) is 0.914. The van der Waals surface area contributed by atoms with Crippen LogP contribution in [0.2, 0.25) is 0 Å². The van der Waals surface area contributed by atoms with Crippen molar-refractivity contribution in [2.45, 2.75) is 57.4 Å². The van der Waals surface area contributed by atoms with Crippen LogP contribution in [0, 0.1) is 17.7 Å². The number of hydrogen-bond acceptors (Lipinski definition) is 2. The van der Waals surface area contributed by atoms with Crippen LogP contribution in [0.5, 0.6) is 0 Å². The number of carbonyl (C=O) groups is 1. The van der Waals surface area contributed by atoms with Gasteiger partial charge in [0.15, 0.2) is 0 Å². The van der Waals surface area contributed by atoms with Gasteiger partial charge in [0.05, 0.1) is 6.04 Å². The zero-order chi connectivity index (χ0) is 16.8. The van der Waals surface area contributed by atoms with Gasteiger partial charge < -0.3 is 10.6 Å². The normalized spacial score (nSPS) is 20.0. The number of amides is 1. The van der Waals surface area contributed by atoms with Gasteiger partial charge in [-0.25, -0.2) is 4.39 Å². The van der Waals surface area contributed by atoms with E-state index >= 15 is 0 Å². The fourth-order valence-electron chi connectivity index (χ4n) is 4.22. The molecule has 1 unspecified atom stereocenters. The SMILES string of the molecule is Cl.O=C(CCC1CCNCC1)NC(c1cccc(F)c1)C1CCCC1. The third-order valence-electron chi connectivity index (χ3n) is 5.63. The molecule has 1 heterocycles. The van der Waals surface area contributed by atoms with E-state index in [2.05, 4.69) is 10.6 Å². The summed E-state index contributed by atoms with van der Waals surface area (Å²) in [6, 6.07) is 6.70. The summed E-state index contributed by atoms with van der Waals surface area (Å²) < 4.78 is 13.6. The first-order valence-corrected chi connectivity index (χ1v) is 9.48. The first-order valence-electron chi connectivity index (χ1n) is 9.48. The topological polar surface area (TPSA) is 41.1 Å². The van der Waals surface area contributed by atoms with Crippen molar-refractivity contribution in [2.75, 3.05) is 13.1 Å². The van der Waals surface area contributed by atoms with Crippen molar-refractivity contribution in [3.8, 4) is 0 Å². The zero-order valence-corrected chi connectivity index (χ0v) is 15.6. The Bertz CT molecular complexity index is 542. The number of piperidine rings is 1. The number of rotatable bonds is 6. The van der Waals surface area contributed by atoms with Gasteiger partial charge >= 0.3 is 0 Å². The smallest absolute Gasteiger partial charge is 0.220 e. The predicted octanol–water partition coefficient (Wildman–Crippen LogP) is 4.37. The third-order valence-corrected chi connectivity index (χ3v) is 5.63. The van der Waals surface area contributed by atoms with Crippen molar-refractivity contribution < 1.29 is 9.18 Å². The molecule has 3 nitrogen and oxygen atoms in total. The van der Waals surface area contributed by atoms with Crippen LogP contribution in [0.15, 0.2) is 24.3 Å². The van der Waals surface area contributed by atoms with Gasteiger partial charge in [-0.05, 0) is 74.7 Å². The van der Waals surface area contributed by atoms with Crippen LogP contribution in [0.1, 0.15) is 63.0 Å². The van der Waals surface area contributed by atoms with E-state index in [1.807, 2.05) is 6.07 Å². The predicted molar refractivity (Wildman–Crippen MR) is 101 cm³/mol. The molecule has 1 aromatic rings. The van der Waals surface area contributed by atoms with E-state index < -0.39 is 0 Å². The molecule has 1 amide bonds. The Hall–Kier alpha value is -1.13. The minimum Gasteiger partial charge on any atom is -0.349 e. The second-order valence-electron chi connectivity index (χ2n) is 7.38. The van der Waals surface area contributed by atoms with Crippen LogP contribution in [-0.2, 0) is 4.79 Å². The largest absolute Gasteiger partial charge is 0.349 e. The van der Waals surface area contributed by atoms with Gasteiger partial charge in [-0.15, -0.1) is 12.4 Å². The Labute approximate surface area is 156 Å². The molecule has 2 aliphatic rings. The van der Waals surface area contributed by atoms with E-state index in [-0.39, 0.29) is 30.2 Å². The maximum atomic E-state index is 13.6. The molecule has 2 fully saturated rings. The van der Waals surface area contributed by atoms with Crippen molar-refractivity contribution >= 4 is 18.3 Å². The summed E-state index contributed by atoms with van der Waals surface area (Å²) >= 11 is 0. The monoisotopic (exact) mass is 368 g/mol. The number of halogens is 2. The highest BCUT2D eigenvalue weighted by Crippen LogP contribution is 2.36. The van der Waals surface area contributed by atoms with Gasteiger partial charge in [0.1, 0.15) is 5.82 Å². The quantitative estimate of drug-likeness (QED) is 0.782. The fraction of sp³-hybridized carbons (Fsp3) is 0.650. The van der Waals surface area contributed by atoms with E-state index in [4.69, 9.17) is 0 Å². The van der Waals surface area contributed by atoms with Gasteiger partial charge in [0.25, 0.3) is 0 Å². The maximum Gasteiger partial charge on any atom is 0.220 e. The van der Waals surface area contributed by atoms with E-state index in [1.54, 1.807) is 12.1 Å². The van der Waals surface area contributed by atoms with Crippen LogP contribution >= 0.6 is 12.4 Å². The van der Waals surface area contributed by atoms with Crippen LogP contribution in [0.3, 0.4) is 0 Å². The third kappa shape index (κ3) is 5.96. The zero-order valence-electron chi connectivity index (χ0n) is 14.8. The molecular formula is C20H30ClFN2O. The molecule has 1 aliphatic carbocycles. The molecule has 0 spiro atoms. The molecule has 2 N–H and O–H groups in total. The van der Waals surface area contributed by atoms with E-state index in [1.165, 1.54) is 31.7 Å². The lowest BCUT2D eigenvalue weighted by molar-refractivity contribution is -0.122.